The highest BCUT2D eigenvalue weighted by molar-refractivity contribution is 7.17. The van der Waals surface area contributed by atoms with E-state index in [0.29, 0.717) is 16.6 Å². The zero-order chi connectivity index (χ0) is 21.3. The minimum atomic E-state index is -0.638. The van der Waals surface area contributed by atoms with Gasteiger partial charge in [0.1, 0.15) is 10.9 Å². The Bertz CT molecular complexity index is 1270. The zero-order valence-electron chi connectivity index (χ0n) is 17.2. The normalized spacial score (nSPS) is 12.1. The number of benzene rings is 2. The fourth-order valence-corrected chi connectivity index (χ4v) is 4.48. The SMILES string of the molecule is CCC(C(=O)Nc1cccc(C)c1)n1cnc2scc(-c3ccc(C)cc3)c2c1=O. The van der Waals surface area contributed by atoms with Crippen LogP contribution in [0.15, 0.2) is 65.0 Å². The first kappa shape index (κ1) is 20.0. The number of nitrogens with zero attached hydrogens (tertiary/aromatic N) is 2. The second-order valence-electron chi connectivity index (χ2n) is 7.44. The summed E-state index contributed by atoms with van der Waals surface area (Å²) >= 11 is 1.44. The summed E-state index contributed by atoms with van der Waals surface area (Å²) in [5.41, 5.74) is 4.57. The Morgan fingerprint density at radius 1 is 1.13 bits per heavy atom. The van der Waals surface area contributed by atoms with Crippen LogP contribution in [0.2, 0.25) is 0 Å². The maximum Gasteiger partial charge on any atom is 0.263 e. The molecule has 2 aromatic carbocycles. The van der Waals surface area contributed by atoms with Gasteiger partial charge in [-0.1, -0.05) is 48.9 Å². The molecule has 0 fully saturated rings. The van der Waals surface area contributed by atoms with Crippen molar-refractivity contribution in [2.45, 2.75) is 33.2 Å². The number of aryl methyl sites for hydroxylation is 2. The second-order valence-corrected chi connectivity index (χ2v) is 8.29. The van der Waals surface area contributed by atoms with E-state index >= 15 is 0 Å². The smallest absolute Gasteiger partial charge is 0.263 e. The molecule has 0 aliphatic heterocycles. The van der Waals surface area contributed by atoms with E-state index in [-0.39, 0.29) is 11.5 Å². The fourth-order valence-electron chi connectivity index (χ4n) is 3.57. The van der Waals surface area contributed by atoms with Gasteiger partial charge in [-0.25, -0.2) is 4.98 Å². The van der Waals surface area contributed by atoms with Crippen molar-refractivity contribution in [2.75, 3.05) is 5.32 Å². The Kier molecular flexibility index (Phi) is 5.50. The van der Waals surface area contributed by atoms with Crippen LogP contribution in [0.3, 0.4) is 0 Å². The van der Waals surface area contributed by atoms with E-state index in [1.54, 1.807) is 0 Å². The first-order valence-electron chi connectivity index (χ1n) is 9.91. The van der Waals surface area contributed by atoms with Crippen molar-refractivity contribution < 1.29 is 4.79 Å². The summed E-state index contributed by atoms with van der Waals surface area (Å²) in [5.74, 6) is -0.224. The number of aromatic nitrogens is 2. The van der Waals surface area contributed by atoms with Crippen molar-refractivity contribution in [1.82, 2.24) is 9.55 Å². The van der Waals surface area contributed by atoms with Crippen LogP contribution in [0, 0.1) is 13.8 Å². The number of carbonyl (C=O) groups is 1. The molecule has 5 nitrogen and oxygen atoms in total. The predicted octanol–water partition coefficient (Wildman–Crippen LogP) is 5.33. The van der Waals surface area contributed by atoms with Gasteiger partial charge in [0, 0.05) is 16.6 Å². The van der Waals surface area contributed by atoms with E-state index in [4.69, 9.17) is 0 Å². The van der Waals surface area contributed by atoms with Gasteiger partial charge in [0.25, 0.3) is 5.56 Å². The molecule has 0 bridgehead atoms. The lowest BCUT2D eigenvalue weighted by molar-refractivity contribution is -0.119. The van der Waals surface area contributed by atoms with Crippen molar-refractivity contribution in [3.05, 3.63) is 81.7 Å². The number of carbonyl (C=O) groups excluding carboxylic acids is 1. The van der Waals surface area contributed by atoms with Crippen molar-refractivity contribution in [3.8, 4) is 11.1 Å². The summed E-state index contributed by atoms with van der Waals surface area (Å²) in [6, 6.07) is 15.0. The van der Waals surface area contributed by atoms with Gasteiger partial charge in [0.15, 0.2) is 0 Å². The summed E-state index contributed by atoms with van der Waals surface area (Å²) in [7, 11) is 0. The number of nitrogens with one attached hydrogen (secondary N) is 1. The molecular formula is C24H23N3O2S. The lowest BCUT2D eigenvalue weighted by Gasteiger charge is -2.18. The molecule has 1 N–H and O–H groups in total. The van der Waals surface area contributed by atoms with Gasteiger partial charge >= 0.3 is 0 Å². The van der Waals surface area contributed by atoms with Crippen LogP contribution in [0.1, 0.15) is 30.5 Å². The number of amides is 1. The molecule has 4 aromatic rings. The lowest BCUT2D eigenvalue weighted by atomic mass is 10.0. The van der Waals surface area contributed by atoms with Crippen LogP contribution in [-0.2, 0) is 4.79 Å². The Hall–Kier alpha value is -3.25. The van der Waals surface area contributed by atoms with Gasteiger partial charge in [-0.2, -0.15) is 0 Å². The van der Waals surface area contributed by atoms with Crippen LogP contribution < -0.4 is 10.9 Å². The molecule has 1 unspecified atom stereocenters. The highest BCUT2D eigenvalue weighted by atomic mass is 32.1. The van der Waals surface area contributed by atoms with Crippen molar-refractivity contribution in [2.24, 2.45) is 0 Å². The highest BCUT2D eigenvalue weighted by Crippen LogP contribution is 2.31. The molecule has 0 radical (unpaired) electrons. The quantitative estimate of drug-likeness (QED) is 0.477. The van der Waals surface area contributed by atoms with Crippen molar-refractivity contribution in [3.63, 3.8) is 0 Å². The van der Waals surface area contributed by atoms with E-state index in [1.165, 1.54) is 22.2 Å². The van der Waals surface area contributed by atoms with Crippen LogP contribution in [0.4, 0.5) is 5.69 Å². The first-order chi connectivity index (χ1) is 14.5. The van der Waals surface area contributed by atoms with E-state index < -0.39 is 6.04 Å². The Balaban J connectivity index is 1.74. The van der Waals surface area contributed by atoms with Gasteiger partial charge in [-0.05, 0) is 43.5 Å². The van der Waals surface area contributed by atoms with Gasteiger partial charge < -0.3 is 5.32 Å². The van der Waals surface area contributed by atoms with E-state index in [0.717, 1.165) is 27.9 Å². The number of thiophene rings is 1. The van der Waals surface area contributed by atoms with Crippen LogP contribution in [0.25, 0.3) is 21.3 Å². The van der Waals surface area contributed by atoms with Gasteiger partial charge in [0.2, 0.25) is 5.91 Å². The zero-order valence-corrected chi connectivity index (χ0v) is 18.0. The monoisotopic (exact) mass is 417 g/mol. The average Bonchev–Trinajstić information content (AvgIpc) is 3.16. The minimum absolute atomic E-state index is 0.192. The molecule has 4 rings (SSSR count). The van der Waals surface area contributed by atoms with Crippen molar-refractivity contribution >= 4 is 33.1 Å². The maximum atomic E-state index is 13.4. The summed E-state index contributed by atoms with van der Waals surface area (Å²) in [5, 5.41) is 5.45. The molecule has 30 heavy (non-hydrogen) atoms. The third-order valence-corrected chi connectivity index (χ3v) is 6.08. The number of hydrogen-bond acceptors (Lipinski definition) is 4. The molecule has 2 aromatic heterocycles. The lowest BCUT2D eigenvalue weighted by Crippen LogP contribution is -2.33. The van der Waals surface area contributed by atoms with Crippen LogP contribution >= 0.6 is 11.3 Å². The maximum absolute atomic E-state index is 13.4. The largest absolute Gasteiger partial charge is 0.324 e. The van der Waals surface area contributed by atoms with Crippen molar-refractivity contribution in [1.29, 1.82) is 0 Å². The van der Waals surface area contributed by atoms with E-state index in [1.807, 2.05) is 74.7 Å². The Morgan fingerprint density at radius 2 is 1.90 bits per heavy atom. The number of anilines is 1. The Morgan fingerprint density at radius 3 is 2.60 bits per heavy atom. The van der Waals surface area contributed by atoms with E-state index in [2.05, 4.69) is 10.3 Å². The summed E-state index contributed by atoms with van der Waals surface area (Å²) in [6.07, 6.45) is 1.97. The number of fused-ring (bicyclic) bond motifs is 1. The fraction of sp³-hybridized carbons (Fsp3) is 0.208. The molecule has 0 aliphatic rings. The highest BCUT2D eigenvalue weighted by Gasteiger charge is 2.23. The molecule has 2 heterocycles. The molecular weight excluding hydrogens is 394 g/mol. The molecule has 6 heteroatoms. The summed E-state index contributed by atoms with van der Waals surface area (Å²) in [6.45, 7) is 5.90. The summed E-state index contributed by atoms with van der Waals surface area (Å²) in [4.78, 5) is 31.6. The van der Waals surface area contributed by atoms with Gasteiger partial charge in [-0.15, -0.1) is 11.3 Å². The topological polar surface area (TPSA) is 64.0 Å². The predicted molar refractivity (Wildman–Crippen MR) is 123 cm³/mol. The van der Waals surface area contributed by atoms with Gasteiger partial charge in [0.05, 0.1) is 11.7 Å². The number of rotatable bonds is 5. The third-order valence-electron chi connectivity index (χ3n) is 5.19. The standard InChI is InChI=1S/C24H23N3O2S/c1-4-20(22(28)26-18-7-5-6-16(3)12-18)27-14-25-23-21(24(27)29)19(13-30-23)17-10-8-15(2)9-11-17/h5-14,20H,4H2,1-3H3,(H,26,28). The second kappa shape index (κ2) is 8.24. The third kappa shape index (κ3) is 3.78. The first-order valence-corrected chi connectivity index (χ1v) is 10.8. The molecule has 152 valence electrons. The summed E-state index contributed by atoms with van der Waals surface area (Å²) < 4.78 is 1.46. The van der Waals surface area contributed by atoms with E-state index in [9.17, 15) is 9.59 Å². The van der Waals surface area contributed by atoms with Crippen LogP contribution in [0.5, 0.6) is 0 Å². The molecule has 0 spiro atoms. The molecule has 1 atom stereocenters. The van der Waals surface area contributed by atoms with Gasteiger partial charge in [-0.3, -0.25) is 14.2 Å². The molecule has 0 saturated heterocycles. The minimum Gasteiger partial charge on any atom is -0.324 e. The number of hydrogen-bond donors (Lipinski definition) is 1. The average molecular weight is 418 g/mol. The molecule has 1 amide bonds. The molecule has 0 saturated carbocycles. The van der Waals surface area contributed by atoms with Crippen LogP contribution in [-0.4, -0.2) is 15.5 Å². The molecule has 0 aliphatic carbocycles. The Labute approximate surface area is 179 Å².